The summed E-state index contributed by atoms with van der Waals surface area (Å²) in [6, 6.07) is 11.4. The van der Waals surface area contributed by atoms with Crippen molar-refractivity contribution in [3.63, 3.8) is 0 Å². The minimum Gasteiger partial charge on any atom is -0.378 e. The lowest BCUT2D eigenvalue weighted by Gasteiger charge is -2.16. The van der Waals surface area contributed by atoms with Crippen LogP contribution < -0.4 is 15.1 Å². The number of amides is 1. The van der Waals surface area contributed by atoms with E-state index in [0.29, 0.717) is 12.1 Å². The normalized spacial score (nSPS) is 10.2. The molecule has 1 N–H and O–H groups in total. The van der Waals surface area contributed by atoms with Gasteiger partial charge in [0, 0.05) is 57.7 Å². The Kier molecular flexibility index (Phi) is 4.99. The minimum atomic E-state index is -0.0859. The topological polar surface area (TPSA) is 48.5 Å². The van der Waals surface area contributed by atoms with E-state index in [1.807, 2.05) is 74.4 Å². The number of pyridine rings is 1. The highest BCUT2D eigenvalue weighted by molar-refractivity contribution is 5.95. The fraction of sp³-hybridized carbons (Fsp3) is 0.294. The van der Waals surface area contributed by atoms with Crippen molar-refractivity contribution in [2.75, 3.05) is 38.0 Å². The van der Waals surface area contributed by atoms with Crippen LogP contribution in [0.4, 0.5) is 11.5 Å². The zero-order chi connectivity index (χ0) is 16.1. The second kappa shape index (κ2) is 6.93. The lowest BCUT2D eigenvalue weighted by atomic mass is 10.1. The molecule has 0 atom stereocenters. The average Bonchev–Trinajstić information content (AvgIpc) is 2.52. The number of nitrogens with zero attached hydrogens (tertiary/aromatic N) is 3. The van der Waals surface area contributed by atoms with Crippen molar-refractivity contribution in [1.82, 2.24) is 10.3 Å². The van der Waals surface area contributed by atoms with Crippen molar-refractivity contribution in [2.24, 2.45) is 0 Å². The Hall–Kier alpha value is -2.56. The molecule has 5 heteroatoms. The first-order valence-electron chi connectivity index (χ1n) is 7.16. The molecule has 0 saturated carbocycles. The largest absolute Gasteiger partial charge is 0.378 e. The zero-order valence-electron chi connectivity index (χ0n) is 13.5. The first kappa shape index (κ1) is 15.8. The third kappa shape index (κ3) is 3.75. The molecule has 5 nitrogen and oxygen atoms in total. The molecular formula is C17H22N4O. The van der Waals surface area contributed by atoms with E-state index >= 15 is 0 Å². The molecule has 0 bridgehead atoms. The smallest absolute Gasteiger partial charge is 0.251 e. The van der Waals surface area contributed by atoms with Gasteiger partial charge in [0.1, 0.15) is 5.82 Å². The quantitative estimate of drug-likeness (QED) is 0.919. The summed E-state index contributed by atoms with van der Waals surface area (Å²) in [5.41, 5.74) is 2.65. The molecule has 2 aromatic rings. The zero-order valence-corrected chi connectivity index (χ0v) is 13.5. The maximum Gasteiger partial charge on any atom is 0.251 e. The molecule has 1 aromatic heterocycles. The van der Waals surface area contributed by atoms with Gasteiger partial charge in [0.15, 0.2) is 0 Å². The van der Waals surface area contributed by atoms with Crippen molar-refractivity contribution in [2.45, 2.75) is 6.54 Å². The number of anilines is 2. The molecule has 0 spiro atoms. The standard InChI is InChI=1S/C17H22N4O/c1-20(2)15-9-5-7-13(11-15)17(22)19-12-14-8-6-10-18-16(14)21(3)4/h5-11H,12H2,1-4H3,(H,19,22). The third-order valence-electron chi connectivity index (χ3n) is 3.36. The van der Waals surface area contributed by atoms with Gasteiger partial charge in [-0.25, -0.2) is 4.98 Å². The van der Waals surface area contributed by atoms with Crippen LogP contribution in [0.2, 0.25) is 0 Å². The van der Waals surface area contributed by atoms with Crippen LogP contribution in [0.3, 0.4) is 0 Å². The number of nitrogens with one attached hydrogen (secondary N) is 1. The lowest BCUT2D eigenvalue weighted by Crippen LogP contribution is -2.25. The first-order valence-corrected chi connectivity index (χ1v) is 7.16. The number of rotatable bonds is 5. The van der Waals surface area contributed by atoms with E-state index in [1.54, 1.807) is 6.20 Å². The monoisotopic (exact) mass is 298 g/mol. The highest BCUT2D eigenvalue weighted by Gasteiger charge is 2.09. The molecule has 116 valence electrons. The van der Waals surface area contributed by atoms with Crippen LogP contribution >= 0.6 is 0 Å². The number of hydrogen-bond donors (Lipinski definition) is 1. The second-order valence-electron chi connectivity index (χ2n) is 5.51. The van der Waals surface area contributed by atoms with Gasteiger partial charge in [-0.2, -0.15) is 0 Å². The third-order valence-corrected chi connectivity index (χ3v) is 3.36. The SMILES string of the molecule is CN(C)c1cccc(C(=O)NCc2cccnc2N(C)C)c1. The van der Waals surface area contributed by atoms with E-state index in [-0.39, 0.29) is 5.91 Å². The van der Waals surface area contributed by atoms with Crippen molar-refractivity contribution >= 4 is 17.4 Å². The van der Waals surface area contributed by atoms with E-state index in [1.165, 1.54) is 0 Å². The predicted molar refractivity (Wildman–Crippen MR) is 90.5 cm³/mol. The Morgan fingerprint density at radius 1 is 1.09 bits per heavy atom. The van der Waals surface area contributed by atoms with Crippen LogP contribution in [-0.2, 0) is 6.54 Å². The number of aromatic nitrogens is 1. The molecule has 0 aliphatic rings. The minimum absolute atomic E-state index is 0.0859. The van der Waals surface area contributed by atoms with Gasteiger partial charge in [-0.3, -0.25) is 4.79 Å². The van der Waals surface area contributed by atoms with Crippen molar-refractivity contribution < 1.29 is 4.79 Å². The first-order chi connectivity index (χ1) is 10.5. The van der Waals surface area contributed by atoms with Gasteiger partial charge in [0.05, 0.1) is 0 Å². The van der Waals surface area contributed by atoms with Crippen LogP contribution in [0.1, 0.15) is 15.9 Å². The maximum atomic E-state index is 12.3. The van der Waals surface area contributed by atoms with Gasteiger partial charge < -0.3 is 15.1 Å². The van der Waals surface area contributed by atoms with Crippen molar-refractivity contribution in [1.29, 1.82) is 0 Å². The molecule has 2 rings (SSSR count). The fourth-order valence-corrected chi connectivity index (χ4v) is 2.17. The van der Waals surface area contributed by atoms with Crippen molar-refractivity contribution in [3.05, 3.63) is 53.7 Å². The van der Waals surface area contributed by atoms with Gasteiger partial charge in [-0.1, -0.05) is 12.1 Å². The van der Waals surface area contributed by atoms with Gasteiger partial charge >= 0.3 is 0 Å². The van der Waals surface area contributed by atoms with Gasteiger partial charge in [0.25, 0.3) is 5.91 Å². The number of carbonyl (C=O) groups is 1. The molecule has 1 amide bonds. The summed E-state index contributed by atoms with van der Waals surface area (Å²) >= 11 is 0. The highest BCUT2D eigenvalue weighted by Crippen LogP contribution is 2.15. The van der Waals surface area contributed by atoms with Crippen LogP contribution in [0.15, 0.2) is 42.6 Å². The Morgan fingerprint density at radius 3 is 2.55 bits per heavy atom. The van der Waals surface area contributed by atoms with Crippen LogP contribution in [0.25, 0.3) is 0 Å². The lowest BCUT2D eigenvalue weighted by molar-refractivity contribution is 0.0951. The van der Waals surface area contributed by atoms with Gasteiger partial charge in [-0.05, 0) is 24.3 Å². The Labute approximate surface area is 131 Å². The molecule has 1 aromatic carbocycles. The molecular weight excluding hydrogens is 276 g/mol. The Bertz CT molecular complexity index is 653. The van der Waals surface area contributed by atoms with E-state index in [0.717, 1.165) is 17.1 Å². The van der Waals surface area contributed by atoms with Crippen LogP contribution in [-0.4, -0.2) is 39.1 Å². The molecule has 0 unspecified atom stereocenters. The number of benzene rings is 1. The Balaban J connectivity index is 2.09. The van der Waals surface area contributed by atoms with Crippen LogP contribution in [0.5, 0.6) is 0 Å². The molecule has 0 fully saturated rings. The predicted octanol–water partition coefficient (Wildman–Crippen LogP) is 2.14. The Morgan fingerprint density at radius 2 is 1.86 bits per heavy atom. The maximum absolute atomic E-state index is 12.3. The molecule has 1 heterocycles. The van der Waals surface area contributed by atoms with E-state index in [2.05, 4.69) is 10.3 Å². The highest BCUT2D eigenvalue weighted by atomic mass is 16.1. The second-order valence-corrected chi connectivity index (χ2v) is 5.51. The van der Waals surface area contributed by atoms with Crippen molar-refractivity contribution in [3.8, 4) is 0 Å². The summed E-state index contributed by atoms with van der Waals surface area (Å²) in [6.07, 6.45) is 1.75. The van der Waals surface area contributed by atoms with E-state index < -0.39 is 0 Å². The molecule has 0 aliphatic heterocycles. The summed E-state index contributed by atoms with van der Waals surface area (Å²) in [6.45, 7) is 0.451. The van der Waals surface area contributed by atoms with E-state index in [9.17, 15) is 4.79 Å². The van der Waals surface area contributed by atoms with E-state index in [4.69, 9.17) is 0 Å². The summed E-state index contributed by atoms with van der Waals surface area (Å²) in [5, 5.41) is 2.95. The number of hydrogen-bond acceptors (Lipinski definition) is 4. The summed E-state index contributed by atoms with van der Waals surface area (Å²) in [4.78, 5) is 20.6. The number of carbonyl (C=O) groups excluding carboxylic acids is 1. The fourth-order valence-electron chi connectivity index (χ4n) is 2.17. The molecule has 0 aliphatic carbocycles. The average molecular weight is 298 g/mol. The summed E-state index contributed by atoms with van der Waals surface area (Å²) in [7, 11) is 7.79. The molecule has 0 saturated heterocycles. The summed E-state index contributed by atoms with van der Waals surface area (Å²) in [5.74, 6) is 0.780. The molecule has 22 heavy (non-hydrogen) atoms. The summed E-state index contributed by atoms with van der Waals surface area (Å²) < 4.78 is 0. The van der Waals surface area contributed by atoms with Crippen LogP contribution in [0, 0.1) is 0 Å². The van der Waals surface area contributed by atoms with Gasteiger partial charge in [-0.15, -0.1) is 0 Å². The van der Waals surface area contributed by atoms with Gasteiger partial charge in [0.2, 0.25) is 0 Å². The molecule has 0 radical (unpaired) electrons.